The Morgan fingerprint density at radius 2 is 1.80 bits per heavy atom. The van der Waals surface area contributed by atoms with Crippen molar-refractivity contribution >= 4 is 47.1 Å². The molecule has 3 aromatic rings. The van der Waals surface area contributed by atoms with Crippen LogP contribution in [0.3, 0.4) is 0 Å². The van der Waals surface area contributed by atoms with Crippen molar-refractivity contribution in [2.45, 2.75) is 37.8 Å². The van der Waals surface area contributed by atoms with E-state index in [1.165, 1.54) is 17.3 Å². The zero-order chi connectivity index (χ0) is 21.8. The number of carbonyl (C=O) groups is 1. The SMILES string of the molecule is Cc1ccc(S[C@@H](C)C(=O)N/N=C\c2cc(C)n(-c3cc(Cl)ccc3Cl)c2C)cc1. The number of halogens is 2. The highest BCUT2D eigenvalue weighted by atomic mass is 35.5. The molecule has 156 valence electrons. The predicted molar refractivity (Wildman–Crippen MR) is 127 cm³/mol. The van der Waals surface area contributed by atoms with Crippen LogP contribution in [0.25, 0.3) is 5.69 Å². The molecule has 3 rings (SSSR count). The third-order valence-corrected chi connectivity index (χ3v) is 6.37. The highest BCUT2D eigenvalue weighted by Gasteiger charge is 2.15. The minimum atomic E-state index is -0.262. The maximum atomic E-state index is 12.4. The Morgan fingerprint density at radius 3 is 2.50 bits per heavy atom. The van der Waals surface area contributed by atoms with Gasteiger partial charge in [-0.05, 0) is 64.1 Å². The van der Waals surface area contributed by atoms with E-state index in [4.69, 9.17) is 23.2 Å². The average molecular weight is 460 g/mol. The molecule has 1 N–H and O–H groups in total. The summed E-state index contributed by atoms with van der Waals surface area (Å²) in [5.41, 5.74) is 7.48. The largest absolute Gasteiger partial charge is 0.316 e. The first-order valence-corrected chi connectivity index (χ1v) is 11.1. The predicted octanol–water partition coefficient (Wildman–Crippen LogP) is 6.34. The Morgan fingerprint density at radius 1 is 1.10 bits per heavy atom. The Labute approximate surface area is 191 Å². The Kier molecular flexibility index (Phi) is 7.29. The lowest BCUT2D eigenvalue weighted by molar-refractivity contribution is -0.120. The smallest absolute Gasteiger partial charge is 0.253 e. The van der Waals surface area contributed by atoms with Crippen molar-refractivity contribution in [3.8, 4) is 5.69 Å². The standard InChI is InChI=1S/C23H23Cl2N3OS/c1-14-5-8-20(9-6-14)30-17(4)23(29)27-26-13-18-11-15(2)28(16(18)3)22-12-19(24)7-10-21(22)25/h5-13,17H,1-4H3,(H,27,29)/b26-13-/t17-/m0/s1. The number of hydrogen-bond acceptors (Lipinski definition) is 3. The highest BCUT2D eigenvalue weighted by Crippen LogP contribution is 2.28. The Hall–Kier alpha value is -2.21. The van der Waals surface area contributed by atoms with E-state index < -0.39 is 0 Å². The summed E-state index contributed by atoms with van der Waals surface area (Å²) in [6.07, 6.45) is 1.65. The summed E-state index contributed by atoms with van der Waals surface area (Å²) in [5, 5.41) is 5.12. The number of hydrogen-bond donors (Lipinski definition) is 1. The van der Waals surface area contributed by atoms with Gasteiger partial charge in [-0.1, -0.05) is 40.9 Å². The minimum Gasteiger partial charge on any atom is -0.316 e. The van der Waals surface area contributed by atoms with Crippen molar-refractivity contribution in [2.75, 3.05) is 0 Å². The zero-order valence-corrected chi connectivity index (χ0v) is 19.6. The number of benzene rings is 2. The zero-order valence-electron chi connectivity index (χ0n) is 17.2. The van der Waals surface area contributed by atoms with Crippen molar-refractivity contribution in [1.29, 1.82) is 0 Å². The molecular weight excluding hydrogens is 437 g/mol. The number of hydrazone groups is 1. The van der Waals surface area contributed by atoms with Crippen molar-refractivity contribution in [1.82, 2.24) is 9.99 Å². The van der Waals surface area contributed by atoms with E-state index >= 15 is 0 Å². The molecule has 0 radical (unpaired) electrons. The molecule has 0 saturated carbocycles. The van der Waals surface area contributed by atoms with E-state index in [2.05, 4.69) is 10.5 Å². The van der Waals surface area contributed by atoms with Crippen molar-refractivity contribution < 1.29 is 4.79 Å². The summed E-state index contributed by atoms with van der Waals surface area (Å²) in [5.74, 6) is -0.150. The number of thioether (sulfide) groups is 1. The molecule has 0 aliphatic heterocycles. The fourth-order valence-electron chi connectivity index (χ4n) is 3.08. The van der Waals surface area contributed by atoms with Gasteiger partial charge in [0, 0.05) is 26.9 Å². The fraction of sp³-hybridized carbons (Fsp3) is 0.217. The van der Waals surface area contributed by atoms with Crippen molar-refractivity contribution in [3.05, 3.63) is 81.1 Å². The van der Waals surface area contributed by atoms with Gasteiger partial charge in [0.2, 0.25) is 0 Å². The molecule has 0 aliphatic carbocycles. The Bertz CT molecular complexity index is 1090. The lowest BCUT2D eigenvalue weighted by Gasteiger charge is -2.12. The summed E-state index contributed by atoms with van der Waals surface area (Å²) in [7, 11) is 0. The van der Waals surface area contributed by atoms with Crippen LogP contribution in [0.1, 0.15) is 29.4 Å². The summed E-state index contributed by atoms with van der Waals surface area (Å²) < 4.78 is 2.02. The van der Waals surface area contributed by atoms with Crippen LogP contribution in [0, 0.1) is 20.8 Å². The van der Waals surface area contributed by atoms with Gasteiger partial charge in [-0.25, -0.2) is 5.43 Å². The van der Waals surface area contributed by atoms with Gasteiger partial charge in [0.25, 0.3) is 5.91 Å². The van der Waals surface area contributed by atoms with E-state index in [0.29, 0.717) is 10.0 Å². The van der Waals surface area contributed by atoms with E-state index in [1.54, 1.807) is 18.3 Å². The fourth-order valence-corrected chi connectivity index (χ4v) is 4.31. The second kappa shape index (κ2) is 9.73. The molecule has 2 aromatic carbocycles. The molecule has 7 heteroatoms. The topological polar surface area (TPSA) is 46.4 Å². The lowest BCUT2D eigenvalue weighted by Crippen LogP contribution is -2.26. The van der Waals surface area contributed by atoms with Gasteiger partial charge < -0.3 is 4.57 Å². The molecule has 1 atom stereocenters. The second-order valence-corrected chi connectivity index (χ2v) is 9.32. The number of carbonyl (C=O) groups excluding carboxylic acids is 1. The summed E-state index contributed by atoms with van der Waals surface area (Å²) in [6.45, 7) is 7.86. The number of nitrogens with zero attached hydrogens (tertiary/aromatic N) is 2. The molecule has 0 bridgehead atoms. The van der Waals surface area contributed by atoms with E-state index in [1.807, 2.05) is 68.7 Å². The third kappa shape index (κ3) is 5.28. The molecule has 0 unspecified atom stereocenters. The molecule has 1 amide bonds. The van der Waals surface area contributed by atoms with Gasteiger partial charge in [-0.2, -0.15) is 5.10 Å². The van der Waals surface area contributed by atoms with Crippen LogP contribution in [0.5, 0.6) is 0 Å². The van der Waals surface area contributed by atoms with Crippen LogP contribution in [0.2, 0.25) is 10.0 Å². The van der Waals surface area contributed by atoms with Crippen LogP contribution in [0.4, 0.5) is 0 Å². The van der Waals surface area contributed by atoms with Crippen LogP contribution >= 0.6 is 35.0 Å². The number of aryl methyl sites for hydroxylation is 2. The third-order valence-electron chi connectivity index (χ3n) is 4.70. The van der Waals surface area contributed by atoms with Crippen LogP contribution < -0.4 is 5.43 Å². The first kappa shape index (κ1) is 22.5. The molecule has 1 heterocycles. The molecule has 30 heavy (non-hydrogen) atoms. The first-order chi connectivity index (χ1) is 14.3. The normalized spacial score (nSPS) is 12.3. The van der Waals surface area contributed by atoms with E-state index in [9.17, 15) is 4.79 Å². The van der Waals surface area contributed by atoms with E-state index in [0.717, 1.165) is 27.5 Å². The van der Waals surface area contributed by atoms with Gasteiger partial charge >= 0.3 is 0 Å². The van der Waals surface area contributed by atoms with Crippen LogP contribution in [-0.2, 0) is 4.79 Å². The average Bonchev–Trinajstić information content (AvgIpc) is 2.98. The molecule has 0 spiro atoms. The molecule has 0 saturated heterocycles. The summed E-state index contributed by atoms with van der Waals surface area (Å²) in [4.78, 5) is 13.4. The monoisotopic (exact) mass is 459 g/mol. The minimum absolute atomic E-state index is 0.150. The number of nitrogens with one attached hydrogen (secondary N) is 1. The molecule has 1 aromatic heterocycles. The number of amides is 1. The van der Waals surface area contributed by atoms with Gasteiger partial charge in [-0.15, -0.1) is 11.8 Å². The first-order valence-electron chi connectivity index (χ1n) is 9.47. The summed E-state index contributed by atoms with van der Waals surface area (Å²) in [6, 6.07) is 15.5. The molecule has 0 fully saturated rings. The summed E-state index contributed by atoms with van der Waals surface area (Å²) >= 11 is 14.0. The molecular formula is C23H23Cl2N3OS. The second-order valence-electron chi connectivity index (χ2n) is 7.06. The Balaban J connectivity index is 1.70. The number of aromatic nitrogens is 1. The molecule has 4 nitrogen and oxygen atoms in total. The maximum Gasteiger partial charge on any atom is 0.253 e. The van der Waals surface area contributed by atoms with Crippen LogP contribution in [0.15, 0.2) is 58.5 Å². The maximum absolute atomic E-state index is 12.4. The molecule has 0 aliphatic rings. The van der Waals surface area contributed by atoms with Gasteiger partial charge in [-0.3, -0.25) is 4.79 Å². The van der Waals surface area contributed by atoms with Gasteiger partial charge in [0.05, 0.1) is 22.2 Å². The van der Waals surface area contributed by atoms with Crippen molar-refractivity contribution in [3.63, 3.8) is 0 Å². The van der Waals surface area contributed by atoms with Crippen LogP contribution in [-0.4, -0.2) is 21.9 Å². The quantitative estimate of drug-likeness (QED) is 0.265. The highest BCUT2D eigenvalue weighted by molar-refractivity contribution is 8.00. The van der Waals surface area contributed by atoms with E-state index in [-0.39, 0.29) is 11.2 Å². The van der Waals surface area contributed by atoms with Gasteiger partial charge in [0.1, 0.15) is 0 Å². The lowest BCUT2D eigenvalue weighted by atomic mass is 10.2. The van der Waals surface area contributed by atoms with Gasteiger partial charge in [0.15, 0.2) is 0 Å². The van der Waals surface area contributed by atoms with Crippen molar-refractivity contribution in [2.24, 2.45) is 5.10 Å². The number of rotatable bonds is 6.